The molecule has 1 saturated heterocycles. The van der Waals surface area contributed by atoms with E-state index in [0.29, 0.717) is 6.04 Å². The van der Waals surface area contributed by atoms with Crippen molar-refractivity contribution in [3.8, 4) is 0 Å². The molecule has 1 aliphatic heterocycles. The molecule has 2 rings (SSSR count). The van der Waals surface area contributed by atoms with Gasteiger partial charge in [-0.2, -0.15) is 0 Å². The van der Waals surface area contributed by atoms with Crippen molar-refractivity contribution in [2.75, 3.05) is 31.6 Å². The van der Waals surface area contributed by atoms with Crippen LogP contribution < -0.4 is 4.90 Å². The van der Waals surface area contributed by atoms with Crippen LogP contribution in [-0.2, 0) is 0 Å². The Balaban J connectivity index is 2.12. The smallest absolute Gasteiger partial charge is 0.339 e. The van der Waals surface area contributed by atoms with E-state index in [1.165, 1.54) is 6.20 Å². The molecule has 1 fully saturated rings. The van der Waals surface area contributed by atoms with Crippen molar-refractivity contribution in [3.63, 3.8) is 0 Å². The van der Waals surface area contributed by atoms with Crippen LogP contribution >= 0.6 is 0 Å². The molecule has 1 aromatic heterocycles. The molecule has 5 nitrogen and oxygen atoms in total. The topological polar surface area (TPSA) is 56.7 Å². The lowest BCUT2D eigenvalue weighted by Crippen LogP contribution is -2.43. The van der Waals surface area contributed by atoms with E-state index in [9.17, 15) is 9.90 Å². The molecule has 19 heavy (non-hydrogen) atoms. The second kappa shape index (κ2) is 6.02. The van der Waals surface area contributed by atoms with E-state index in [1.54, 1.807) is 12.3 Å². The van der Waals surface area contributed by atoms with Crippen molar-refractivity contribution in [1.29, 1.82) is 0 Å². The molecule has 104 valence electrons. The maximum Gasteiger partial charge on any atom is 0.339 e. The minimum Gasteiger partial charge on any atom is -0.478 e. The van der Waals surface area contributed by atoms with E-state index >= 15 is 0 Å². The van der Waals surface area contributed by atoms with Crippen molar-refractivity contribution in [2.45, 2.75) is 25.8 Å². The van der Waals surface area contributed by atoms with Crippen molar-refractivity contribution in [1.82, 2.24) is 9.88 Å². The van der Waals surface area contributed by atoms with Gasteiger partial charge in [-0.25, -0.2) is 4.79 Å². The van der Waals surface area contributed by atoms with Gasteiger partial charge in [0.25, 0.3) is 0 Å². The number of anilines is 1. The van der Waals surface area contributed by atoms with E-state index in [2.05, 4.69) is 21.7 Å². The highest BCUT2D eigenvalue weighted by Gasteiger charge is 2.24. The first-order chi connectivity index (χ1) is 9.13. The summed E-state index contributed by atoms with van der Waals surface area (Å²) in [6.45, 7) is 5.43. The van der Waals surface area contributed by atoms with Crippen LogP contribution in [0.5, 0.6) is 0 Å². The van der Waals surface area contributed by atoms with Gasteiger partial charge in [0.2, 0.25) is 0 Å². The predicted molar refractivity (Wildman–Crippen MR) is 74.7 cm³/mol. The summed E-state index contributed by atoms with van der Waals surface area (Å²) in [6.07, 6.45) is 5.23. The van der Waals surface area contributed by atoms with E-state index in [4.69, 9.17) is 0 Å². The lowest BCUT2D eigenvalue weighted by atomic mass is 10.0. The van der Waals surface area contributed by atoms with Crippen LogP contribution in [0.1, 0.15) is 30.1 Å². The largest absolute Gasteiger partial charge is 0.478 e. The van der Waals surface area contributed by atoms with Crippen molar-refractivity contribution < 1.29 is 9.90 Å². The maximum absolute atomic E-state index is 11.2. The Morgan fingerprint density at radius 2 is 2.21 bits per heavy atom. The minimum atomic E-state index is -0.916. The van der Waals surface area contributed by atoms with Gasteiger partial charge in [-0.3, -0.25) is 4.98 Å². The quantitative estimate of drug-likeness (QED) is 0.896. The highest BCUT2D eigenvalue weighted by atomic mass is 16.4. The number of carboxylic acids is 1. The molecule has 1 N–H and O–H groups in total. The second-order valence-corrected chi connectivity index (χ2v) is 4.97. The summed E-state index contributed by atoms with van der Waals surface area (Å²) in [5.74, 6) is -0.916. The number of rotatable bonds is 4. The molecule has 0 radical (unpaired) electrons. The molecule has 2 heterocycles. The van der Waals surface area contributed by atoms with E-state index in [1.807, 2.05) is 7.05 Å². The summed E-state index contributed by atoms with van der Waals surface area (Å²) in [5, 5.41) is 9.22. The van der Waals surface area contributed by atoms with E-state index in [-0.39, 0.29) is 5.56 Å². The number of hydrogen-bond acceptors (Lipinski definition) is 4. The van der Waals surface area contributed by atoms with Crippen molar-refractivity contribution in [2.24, 2.45) is 0 Å². The first-order valence-corrected chi connectivity index (χ1v) is 6.76. The van der Waals surface area contributed by atoms with Gasteiger partial charge in [-0.15, -0.1) is 0 Å². The van der Waals surface area contributed by atoms with Crippen LogP contribution in [0.3, 0.4) is 0 Å². The minimum absolute atomic E-state index is 0.280. The third kappa shape index (κ3) is 3.04. The Bertz CT molecular complexity index is 442. The zero-order valence-corrected chi connectivity index (χ0v) is 11.5. The van der Waals surface area contributed by atoms with Crippen molar-refractivity contribution >= 4 is 11.7 Å². The van der Waals surface area contributed by atoms with Gasteiger partial charge in [0.05, 0.1) is 5.69 Å². The van der Waals surface area contributed by atoms with Gasteiger partial charge in [0.1, 0.15) is 5.56 Å². The van der Waals surface area contributed by atoms with Gasteiger partial charge >= 0.3 is 5.97 Å². The number of carboxylic acid groups (broad SMARTS) is 1. The van der Waals surface area contributed by atoms with Crippen LogP contribution in [0.4, 0.5) is 5.69 Å². The van der Waals surface area contributed by atoms with Crippen LogP contribution in [0, 0.1) is 0 Å². The number of carbonyl (C=O) groups is 1. The molecular formula is C14H21N3O2. The number of likely N-dealkylation sites (tertiary alicyclic amines) is 1. The van der Waals surface area contributed by atoms with Gasteiger partial charge in [0, 0.05) is 38.6 Å². The van der Waals surface area contributed by atoms with Gasteiger partial charge in [-0.1, -0.05) is 6.92 Å². The molecule has 0 saturated carbocycles. The summed E-state index contributed by atoms with van der Waals surface area (Å²) < 4.78 is 0. The standard InChI is InChI=1S/C14H21N3O2/c1-3-17-8-5-11(6-9-17)16(2)13-4-7-15-10-12(13)14(18)19/h4,7,10-11H,3,5-6,8-9H2,1-2H3,(H,18,19). The zero-order chi connectivity index (χ0) is 13.8. The average molecular weight is 263 g/mol. The molecule has 1 aliphatic rings. The normalized spacial score (nSPS) is 17.4. The summed E-state index contributed by atoms with van der Waals surface area (Å²) in [7, 11) is 1.98. The number of aromatic carboxylic acids is 1. The van der Waals surface area contributed by atoms with Gasteiger partial charge in [0.15, 0.2) is 0 Å². The highest BCUT2D eigenvalue weighted by Crippen LogP contribution is 2.24. The Labute approximate surface area is 113 Å². The fourth-order valence-corrected chi connectivity index (χ4v) is 2.68. The maximum atomic E-state index is 11.2. The van der Waals surface area contributed by atoms with Crippen molar-refractivity contribution in [3.05, 3.63) is 24.0 Å². The van der Waals surface area contributed by atoms with E-state index in [0.717, 1.165) is 38.2 Å². The SMILES string of the molecule is CCN1CCC(N(C)c2ccncc2C(=O)O)CC1. The molecule has 5 heteroatoms. The van der Waals surface area contributed by atoms with Gasteiger partial charge < -0.3 is 14.9 Å². The first-order valence-electron chi connectivity index (χ1n) is 6.76. The molecule has 0 aliphatic carbocycles. The fourth-order valence-electron chi connectivity index (χ4n) is 2.68. The Kier molecular flexibility index (Phi) is 4.37. The number of nitrogens with zero attached hydrogens (tertiary/aromatic N) is 3. The Morgan fingerprint density at radius 1 is 1.53 bits per heavy atom. The van der Waals surface area contributed by atoms with Gasteiger partial charge in [-0.05, 0) is 25.5 Å². The monoisotopic (exact) mass is 263 g/mol. The molecule has 0 amide bonds. The molecule has 0 aromatic carbocycles. The zero-order valence-electron chi connectivity index (χ0n) is 11.5. The number of hydrogen-bond donors (Lipinski definition) is 1. The molecular weight excluding hydrogens is 242 g/mol. The Hall–Kier alpha value is -1.62. The summed E-state index contributed by atoms with van der Waals surface area (Å²) >= 11 is 0. The third-order valence-corrected chi connectivity index (χ3v) is 3.96. The van der Waals surface area contributed by atoms with Crippen LogP contribution in [0.2, 0.25) is 0 Å². The molecule has 0 bridgehead atoms. The summed E-state index contributed by atoms with van der Waals surface area (Å²) in [5.41, 5.74) is 1.04. The lowest BCUT2D eigenvalue weighted by molar-refractivity contribution is 0.0697. The third-order valence-electron chi connectivity index (χ3n) is 3.96. The average Bonchev–Trinajstić information content (AvgIpc) is 2.46. The first kappa shape index (κ1) is 13.8. The summed E-state index contributed by atoms with van der Waals surface area (Å²) in [6, 6.07) is 2.19. The van der Waals surface area contributed by atoms with Crippen LogP contribution in [-0.4, -0.2) is 53.7 Å². The van der Waals surface area contributed by atoms with Crippen LogP contribution in [0.15, 0.2) is 18.5 Å². The predicted octanol–water partition coefficient (Wildman–Crippen LogP) is 1.70. The molecule has 0 spiro atoms. The second-order valence-electron chi connectivity index (χ2n) is 4.97. The molecule has 0 unspecified atom stereocenters. The highest BCUT2D eigenvalue weighted by molar-refractivity contribution is 5.94. The van der Waals surface area contributed by atoms with Crippen LogP contribution in [0.25, 0.3) is 0 Å². The molecule has 1 aromatic rings. The number of aromatic nitrogens is 1. The van der Waals surface area contributed by atoms with E-state index < -0.39 is 5.97 Å². The Morgan fingerprint density at radius 3 is 2.79 bits per heavy atom. The summed E-state index contributed by atoms with van der Waals surface area (Å²) in [4.78, 5) is 19.7. The number of pyridine rings is 1. The lowest BCUT2D eigenvalue weighted by Gasteiger charge is -2.37. The molecule has 0 atom stereocenters. The number of piperidine rings is 1. The fraction of sp³-hybridized carbons (Fsp3) is 0.571.